The number of hydrogen-bond acceptors (Lipinski definition) is 3. The van der Waals surface area contributed by atoms with Gasteiger partial charge in [-0.25, -0.2) is 8.42 Å². The Morgan fingerprint density at radius 1 is 1.08 bits per heavy atom. The first-order chi connectivity index (χ1) is 12.1. The van der Waals surface area contributed by atoms with E-state index >= 15 is 0 Å². The molecule has 1 N–H and O–H groups in total. The maximum atomic E-state index is 13.0. The summed E-state index contributed by atoms with van der Waals surface area (Å²) in [5, 5.41) is 2.93. The Labute approximate surface area is 156 Å². The molecule has 2 aromatic rings. The van der Waals surface area contributed by atoms with Crippen LogP contribution in [0.5, 0.6) is 0 Å². The topological polar surface area (TPSA) is 66.5 Å². The Hall–Kier alpha value is -2.34. The van der Waals surface area contributed by atoms with Crippen molar-refractivity contribution in [1.29, 1.82) is 0 Å². The minimum atomic E-state index is -3.62. The van der Waals surface area contributed by atoms with Gasteiger partial charge in [-0.1, -0.05) is 42.8 Å². The molecule has 0 aromatic heterocycles. The lowest BCUT2D eigenvalue weighted by molar-refractivity contribution is -0.117. The van der Waals surface area contributed by atoms with Gasteiger partial charge in [0.25, 0.3) is 0 Å². The van der Waals surface area contributed by atoms with Crippen LogP contribution in [0.1, 0.15) is 30.0 Å². The lowest BCUT2D eigenvalue weighted by atomic mass is 10.0. The summed E-state index contributed by atoms with van der Waals surface area (Å²) < 4.78 is 26.0. The van der Waals surface area contributed by atoms with Crippen LogP contribution in [0, 0.1) is 20.8 Å². The minimum Gasteiger partial charge on any atom is -0.324 e. The average Bonchev–Trinajstić information content (AvgIpc) is 2.55. The molecule has 0 spiro atoms. The molecule has 0 aliphatic rings. The van der Waals surface area contributed by atoms with Crippen LogP contribution in [0.15, 0.2) is 42.5 Å². The highest BCUT2D eigenvalue weighted by Crippen LogP contribution is 2.25. The smallest absolute Gasteiger partial charge is 0.248 e. The van der Waals surface area contributed by atoms with Gasteiger partial charge in [-0.05, 0) is 50.5 Å². The molecule has 0 saturated heterocycles. The van der Waals surface area contributed by atoms with E-state index in [4.69, 9.17) is 0 Å². The number of carbonyl (C=O) groups is 1. The third kappa shape index (κ3) is 4.43. The summed E-state index contributed by atoms with van der Waals surface area (Å²) in [4.78, 5) is 13.0. The quantitative estimate of drug-likeness (QED) is 0.836. The molecular weight excluding hydrogens is 348 g/mol. The number of nitrogens with zero attached hydrogens (tertiary/aromatic N) is 1. The van der Waals surface area contributed by atoms with E-state index in [1.54, 1.807) is 31.2 Å². The summed E-state index contributed by atoms with van der Waals surface area (Å²) in [5.74, 6) is -0.336. The highest BCUT2D eigenvalue weighted by atomic mass is 32.2. The SMILES string of the molecule is CC[C@H](C(=O)Nc1c(C)cc(C)cc1C)N(c1ccccc1)S(C)(=O)=O. The van der Waals surface area contributed by atoms with Gasteiger partial charge >= 0.3 is 0 Å². The molecule has 1 amide bonds. The maximum absolute atomic E-state index is 13.0. The van der Waals surface area contributed by atoms with Crippen molar-refractivity contribution in [3.8, 4) is 0 Å². The van der Waals surface area contributed by atoms with Crippen molar-refractivity contribution >= 4 is 27.3 Å². The number of anilines is 2. The van der Waals surface area contributed by atoms with Crippen molar-refractivity contribution < 1.29 is 13.2 Å². The molecule has 0 radical (unpaired) electrons. The monoisotopic (exact) mass is 374 g/mol. The fraction of sp³-hybridized carbons (Fsp3) is 0.350. The second kappa shape index (κ2) is 7.91. The summed E-state index contributed by atoms with van der Waals surface area (Å²) in [7, 11) is -3.62. The maximum Gasteiger partial charge on any atom is 0.248 e. The van der Waals surface area contributed by atoms with Gasteiger partial charge < -0.3 is 5.32 Å². The summed E-state index contributed by atoms with van der Waals surface area (Å²) in [6.45, 7) is 7.67. The van der Waals surface area contributed by atoms with Gasteiger partial charge in [0.1, 0.15) is 6.04 Å². The number of sulfonamides is 1. The van der Waals surface area contributed by atoms with E-state index in [2.05, 4.69) is 5.32 Å². The van der Waals surface area contributed by atoms with Crippen molar-refractivity contribution in [3.05, 3.63) is 59.2 Å². The molecule has 0 aliphatic carbocycles. The zero-order chi connectivity index (χ0) is 19.5. The van der Waals surface area contributed by atoms with Crippen LogP contribution in [0.25, 0.3) is 0 Å². The molecule has 140 valence electrons. The minimum absolute atomic E-state index is 0.336. The van der Waals surface area contributed by atoms with Crippen molar-refractivity contribution in [1.82, 2.24) is 0 Å². The Balaban J connectivity index is 2.41. The van der Waals surface area contributed by atoms with Gasteiger partial charge in [-0.3, -0.25) is 9.10 Å². The first-order valence-corrected chi connectivity index (χ1v) is 10.4. The van der Waals surface area contributed by atoms with Gasteiger partial charge in [-0.2, -0.15) is 0 Å². The molecule has 0 aliphatic heterocycles. The predicted molar refractivity (Wildman–Crippen MR) is 107 cm³/mol. The van der Waals surface area contributed by atoms with Crippen LogP contribution in [0.3, 0.4) is 0 Å². The molecular formula is C20H26N2O3S. The number of hydrogen-bond donors (Lipinski definition) is 1. The Kier molecular flexibility index (Phi) is 6.08. The van der Waals surface area contributed by atoms with E-state index in [1.807, 2.05) is 39.0 Å². The van der Waals surface area contributed by atoms with Gasteiger partial charge in [0.05, 0.1) is 11.9 Å². The van der Waals surface area contributed by atoms with Crippen LogP contribution in [-0.4, -0.2) is 26.6 Å². The molecule has 0 fully saturated rings. The standard InChI is InChI=1S/C20H26N2O3S/c1-6-18(22(26(5,24)25)17-10-8-7-9-11-17)20(23)21-19-15(3)12-14(2)13-16(19)4/h7-13,18H,6H2,1-5H3,(H,21,23)/t18-/m1/s1. The first-order valence-electron chi connectivity index (χ1n) is 8.58. The molecule has 0 unspecified atom stereocenters. The predicted octanol–water partition coefficient (Wildman–Crippen LogP) is 3.80. The summed E-state index contributed by atoms with van der Waals surface area (Å²) in [6, 6.07) is 11.9. The fourth-order valence-electron chi connectivity index (χ4n) is 3.22. The lowest BCUT2D eigenvalue weighted by Crippen LogP contribution is -2.47. The van der Waals surface area contributed by atoms with Gasteiger partial charge in [0.15, 0.2) is 0 Å². The van der Waals surface area contributed by atoms with E-state index < -0.39 is 16.1 Å². The van der Waals surface area contributed by atoms with E-state index in [-0.39, 0.29) is 5.91 Å². The van der Waals surface area contributed by atoms with Crippen molar-refractivity contribution in [2.45, 2.75) is 40.2 Å². The third-order valence-electron chi connectivity index (χ3n) is 4.27. The fourth-order valence-corrected chi connectivity index (χ4v) is 4.43. The third-order valence-corrected chi connectivity index (χ3v) is 5.45. The number of nitrogens with one attached hydrogen (secondary N) is 1. The van der Waals surface area contributed by atoms with Crippen LogP contribution in [-0.2, 0) is 14.8 Å². The van der Waals surface area contributed by atoms with Gasteiger partial charge in [-0.15, -0.1) is 0 Å². The van der Waals surface area contributed by atoms with E-state index in [1.165, 1.54) is 4.31 Å². The molecule has 0 bridgehead atoms. The van der Waals surface area contributed by atoms with Crippen molar-refractivity contribution in [2.24, 2.45) is 0 Å². The second-order valence-corrected chi connectivity index (χ2v) is 8.44. The zero-order valence-electron chi connectivity index (χ0n) is 15.9. The average molecular weight is 375 g/mol. The Morgan fingerprint density at radius 2 is 1.62 bits per heavy atom. The summed E-state index contributed by atoms with van der Waals surface area (Å²) in [6.07, 6.45) is 1.48. The highest BCUT2D eigenvalue weighted by molar-refractivity contribution is 7.92. The lowest BCUT2D eigenvalue weighted by Gasteiger charge is -2.30. The number of para-hydroxylation sites is 1. The molecule has 5 nitrogen and oxygen atoms in total. The normalized spacial score (nSPS) is 12.5. The molecule has 1 atom stereocenters. The molecule has 26 heavy (non-hydrogen) atoms. The summed E-state index contributed by atoms with van der Waals surface area (Å²) in [5.41, 5.74) is 4.25. The number of carbonyl (C=O) groups excluding carboxylic acids is 1. The number of benzene rings is 2. The highest BCUT2D eigenvalue weighted by Gasteiger charge is 2.31. The van der Waals surface area contributed by atoms with E-state index in [0.717, 1.165) is 28.6 Å². The number of aryl methyl sites for hydroxylation is 3. The summed E-state index contributed by atoms with van der Waals surface area (Å²) >= 11 is 0. The number of rotatable bonds is 6. The van der Waals surface area contributed by atoms with Crippen LogP contribution in [0.2, 0.25) is 0 Å². The Bertz CT molecular complexity index is 870. The molecule has 2 aromatic carbocycles. The van der Waals surface area contributed by atoms with E-state index in [0.29, 0.717) is 12.1 Å². The Morgan fingerprint density at radius 3 is 2.08 bits per heavy atom. The molecule has 2 rings (SSSR count). The van der Waals surface area contributed by atoms with Gasteiger partial charge in [0, 0.05) is 5.69 Å². The number of amides is 1. The van der Waals surface area contributed by atoms with Crippen LogP contribution < -0.4 is 9.62 Å². The largest absolute Gasteiger partial charge is 0.324 e. The zero-order valence-corrected chi connectivity index (χ0v) is 16.7. The van der Waals surface area contributed by atoms with E-state index in [9.17, 15) is 13.2 Å². The van der Waals surface area contributed by atoms with Crippen molar-refractivity contribution in [2.75, 3.05) is 15.9 Å². The molecule has 0 saturated carbocycles. The van der Waals surface area contributed by atoms with Crippen LogP contribution in [0.4, 0.5) is 11.4 Å². The molecule has 6 heteroatoms. The second-order valence-electron chi connectivity index (χ2n) is 6.58. The molecule has 0 heterocycles. The van der Waals surface area contributed by atoms with Crippen LogP contribution >= 0.6 is 0 Å². The van der Waals surface area contributed by atoms with Gasteiger partial charge in [0.2, 0.25) is 15.9 Å². The first kappa shape index (κ1) is 20.0. The van der Waals surface area contributed by atoms with Crippen molar-refractivity contribution in [3.63, 3.8) is 0 Å².